The monoisotopic (exact) mass is 528 g/mol. The van der Waals surface area contributed by atoms with E-state index in [9.17, 15) is 9.18 Å². The van der Waals surface area contributed by atoms with E-state index in [4.69, 9.17) is 4.42 Å². The van der Waals surface area contributed by atoms with Crippen LogP contribution in [0.15, 0.2) is 46.0 Å². The van der Waals surface area contributed by atoms with Crippen molar-refractivity contribution in [1.29, 1.82) is 0 Å². The maximum Gasteiger partial charge on any atom is 0.287 e. The Balaban J connectivity index is 0.00000320. The minimum Gasteiger partial charge on any atom is -0.459 e. The van der Waals surface area contributed by atoms with Crippen molar-refractivity contribution in [3.63, 3.8) is 0 Å². The molecule has 1 aliphatic rings. The van der Waals surface area contributed by atoms with Gasteiger partial charge in [-0.15, -0.1) is 24.0 Å². The first-order chi connectivity index (χ1) is 14.1. The first kappa shape index (κ1) is 24.2. The average molecular weight is 528 g/mol. The zero-order valence-electron chi connectivity index (χ0n) is 17.5. The van der Waals surface area contributed by atoms with E-state index in [0.717, 1.165) is 36.9 Å². The Bertz CT molecular complexity index is 864. The second-order valence-corrected chi connectivity index (χ2v) is 7.42. The van der Waals surface area contributed by atoms with Crippen molar-refractivity contribution < 1.29 is 13.6 Å². The molecule has 3 N–H and O–H groups in total. The van der Waals surface area contributed by atoms with Crippen LogP contribution in [0.5, 0.6) is 0 Å². The maximum atomic E-state index is 14.2. The molecule has 6 nitrogen and oxygen atoms in total. The summed E-state index contributed by atoms with van der Waals surface area (Å²) in [5, 5.41) is 9.35. The molecule has 8 heteroatoms. The van der Waals surface area contributed by atoms with Gasteiger partial charge in [0.25, 0.3) is 5.91 Å². The maximum absolute atomic E-state index is 14.2. The Morgan fingerprint density at radius 3 is 2.53 bits per heavy atom. The number of furan rings is 1. The number of hydrogen-bond donors (Lipinski definition) is 3. The molecule has 0 spiro atoms. The van der Waals surface area contributed by atoms with Crippen molar-refractivity contribution in [3.8, 4) is 0 Å². The Morgan fingerprint density at radius 2 is 1.90 bits per heavy atom. The molecule has 1 saturated carbocycles. The van der Waals surface area contributed by atoms with Crippen LogP contribution < -0.4 is 16.0 Å². The Kier molecular flexibility index (Phi) is 9.13. The van der Waals surface area contributed by atoms with Crippen molar-refractivity contribution >= 4 is 35.8 Å². The SMILES string of the molecule is CCNC(=NCC1(c2ccccc2F)CC1)NCCCNC(=O)c1occc1C.I. The quantitative estimate of drug-likeness (QED) is 0.201. The molecule has 2 aromatic rings. The summed E-state index contributed by atoms with van der Waals surface area (Å²) < 4.78 is 19.3. The third-order valence-electron chi connectivity index (χ3n) is 5.18. The van der Waals surface area contributed by atoms with Gasteiger partial charge in [-0.25, -0.2) is 4.39 Å². The summed E-state index contributed by atoms with van der Waals surface area (Å²) in [5.41, 5.74) is 1.41. The van der Waals surface area contributed by atoms with Gasteiger partial charge in [0, 0.05) is 30.6 Å². The number of guanidine groups is 1. The number of rotatable bonds is 9. The van der Waals surface area contributed by atoms with Gasteiger partial charge >= 0.3 is 0 Å². The summed E-state index contributed by atoms with van der Waals surface area (Å²) in [5.74, 6) is 0.716. The Hall–Kier alpha value is -2.10. The fourth-order valence-electron chi connectivity index (χ4n) is 3.31. The molecule has 1 heterocycles. The molecule has 1 aromatic heterocycles. The highest BCUT2D eigenvalue weighted by atomic mass is 127. The highest BCUT2D eigenvalue weighted by molar-refractivity contribution is 14.0. The lowest BCUT2D eigenvalue weighted by molar-refractivity contribution is 0.0925. The first-order valence-electron chi connectivity index (χ1n) is 10.2. The molecule has 0 bridgehead atoms. The minimum absolute atomic E-state index is 0. The van der Waals surface area contributed by atoms with Crippen molar-refractivity contribution in [3.05, 3.63) is 59.3 Å². The number of carbonyl (C=O) groups is 1. The lowest BCUT2D eigenvalue weighted by Crippen LogP contribution is -2.39. The van der Waals surface area contributed by atoms with Gasteiger partial charge in [-0.1, -0.05) is 18.2 Å². The van der Waals surface area contributed by atoms with Gasteiger partial charge in [-0.3, -0.25) is 9.79 Å². The highest BCUT2D eigenvalue weighted by Gasteiger charge is 2.45. The number of nitrogens with one attached hydrogen (secondary N) is 3. The predicted molar refractivity (Wildman–Crippen MR) is 127 cm³/mol. The first-order valence-corrected chi connectivity index (χ1v) is 10.2. The molecular weight excluding hydrogens is 498 g/mol. The Labute approximate surface area is 194 Å². The number of carbonyl (C=O) groups excluding carboxylic acids is 1. The van der Waals surface area contributed by atoms with E-state index in [-0.39, 0.29) is 41.1 Å². The molecule has 0 radical (unpaired) electrons. The molecule has 30 heavy (non-hydrogen) atoms. The Morgan fingerprint density at radius 1 is 1.17 bits per heavy atom. The lowest BCUT2D eigenvalue weighted by atomic mass is 9.95. The summed E-state index contributed by atoms with van der Waals surface area (Å²) in [6, 6.07) is 8.74. The molecular formula is C22H30FIN4O2. The van der Waals surface area contributed by atoms with Gasteiger partial charge in [0.15, 0.2) is 11.7 Å². The molecule has 1 fully saturated rings. The van der Waals surface area contributed by atoms with Crippen LogP contribution in [0.1, 0.15) is 47.9 Å². The van der Waals surface area contributed by atoms with Gasteiger partial charge in [0.1, 0.15) is 5.82 Å². The summed E-state index contributed by atoms with van der Waals surface area (Å²) in [4.78, 5) is 16.7. The molecule has 1 aromatic carbocycles. The van der Waals surface area contributed by atoms with Gasteiger partial charge in [0.2, 0.25) is 0 Å². The van der Waals surface area contributed by atoms with Crippen LogP contribution in [0.4, 0.5) is 4.39 Å². The summed E-state index contributed by atoms with van der Waals surface area (Å²) in [6.07, 6.45) is 4.16. The van der Waals surface area contributed by atoms with Crippen LogP contribution >= 0.6 is 24.0 Å². The molecule has 1 amide bonds. The predicted octanol–water partition coefficient (Wildman–Crippen LogP) is 3.75. The van der Waals surface area contributed by atoms with E-state index in [1.54, 1.807) is 12.1 Å². The number of aliphatic imine (C=N–C) groups is 1. The van der Waals surface area contributed by atoms with Gasteiger partial charge in [-0.2, -0.15) is 0 Å². The van der Waals surface area contributed by atoms with Crippen LogP contribution in [0.25, 0.3) is 0 Å². The zero-order chi connectivity index (χ0) is 20.7. The molecule has 0 unspecified atom stereocenters. The summed E-state index contributed by atoms with van der Waals surface area (Å²) in [7, 11) is 0. The average Bonchev–Trinajstić information content (AvgIpc) is 3.38. The largest absolute Gasteiger partial charge is 0.459 e. The van der Waals surface area contributed by atoms with Crippen LogP contribution in [-0.2, 0) is 5.41 Å². The molecule has 3 rings (SSSR count). The van der Waals surface area contributed by atoms with Gasteiger partial charge in [-0.05, 0) is 50.8 Å². The number of amides is 1. The van der Waals surface area contributed by atoms with E-state index in [1.807, 2.05) is 26.0 Å². The van der Waals surface area contributed by atoms with Crippen LogP contribution in [0.3, 0.4) is 0 Å². The fraction of sp³-hybridized carbons (Fsp3) is 0.455. The zero-order valence-corrected chi connectivity index (χ0v) is 19.8. The topological polar surface area (TPSA) is 78.7 Å². The van der Waals surface area contributed by atoms with E-state index < -0.39 is 0 Å². The third-order valence-corrected chi connectivity index (χ3v) is 5.18. The van der Waals surface area contributed by atoms with E-state index >= 15 is 0 Å². The molecule has 1 aliphatic carbocycles. The van der Waals surface area contributed by atoms with Crippen molar-refractivity contribution in [1.82, 2.24) is 16.0 Å². The van der Waals surface area contributed by atoms with Crippen LogP contribution in [0, 0.1) is 12.7 Å². The number of halogens is 2. The molecule has 164 valence electrons. The van der Waals surface area contributed by atoms with E-state index in [1.165, 1.54) is 12.3 Å². The molecule has 0 atom stereocenters. The van der Waals surface area contributed by atoms with Gasteiger partial charge in [0.05, 0.1) is 12.8 Å². The standard InChI is InChI=1S/C22H29FN4O2.HI/c1-3-24-21(26-13-6-12-25-20(28)19-16(2)9-14-29-19)27-15-22(10-11-22)17-7-4-5-8-18(17)23;/h4-5,7-9,14H,3,6,10-13,15H2,1-2H3,(H,25,28)(H2,24,26,27);1H. The number of aryl methyl sites for hydroxylation is 1. The number of hydrogen-bond acceptors (Lipinski definition) is 3. The highest BCUT2D eigenvalue weighted by Crippen LogP contribution is 2.49. The van der Waals surface area contributed by atoms with Crippen molar-refractivity contribution in [2.45, 2.75) is 38.5 Å². The van der Waals surface area contributed by atoms with E-state index in [2.05, 4.69) is 20.9 Å². The normalized spacial score (nSPS) is 14.6. The second kappa shape index (κ2) is 11.3. The minimum atomic E-state index is -0.200. The van der Waals surface area contributed by atoms with Crippen LogP contribution in [-0.4, -0.2) is 38.0 Å². The molecule has 0 saturated heterocycles. The van der Waals surface area contributed by atoms with Crippen LogP contribution in [0.2, 0.25) is 0 Å². The number of nitrogens with zero attached hydrogens (tertiary/aromatic N) is 1. The summed E-state index contributed by atoms with van der Waals surface area (Å²) >= 11 is 0. The smallest absolute Gasteiger partial charge is 0.287 e. The summed E-state index contributed by atoms with van der Waals surface area (Å²) in [6.45, 7) is 6.34. The van der Waals surface area contributed by atoms with E-state index in [0.29, 0.717) is 31.4 Å². The lowest BCUT2D eigenvalue weighted by Gasteiger charge is -2.16. The number of benzene rings is 1. The van der Waals surface area contributed by atoms with Crippen molar-refractivity contribution in [2.24, 2.45) is 4.99 Å². The third kappa shape index (κ3) is 6.20. The molecule has 0 aliphatic heterocycles. The van der Waals surface area contributed by atoms with Crippen molar-refractivity contribution in [2.75, 3.05) is 26.2 Å². The second-order valence-electron chi connectivity index (χ2n) is 7.42. The fourth-order valence-corrected chi connectivity index (χ4v) is 3.31. The van der Waals surface area contributed by atoms with Gasteiger partial charge < -0.3 is 20.4 Å².